The molecule has 7 heteroatoms. The third kappa shape index (κ3) is 5.67. The second-order valence-electron chi connectivity index (χ2n) is 7.71. The lowest BCUT2D eigenvalue weighted by Crippen LogP contribution is -2.43. The van der Waals surface area contributed by atoms with E-state index in [0.29, 0.717) is 23.2 Å². The SMILES string of the molecule is CC(C)NC(=O)C1CCCC(NC(=O)c2ccccc2NC(=O)c2ccsc2)C1. The van der Waals surface area contributed by atoms with Gasteiger partial charge in [-0.15, -0.1) is 0 Å². The third-order valence-corrected chi connectivity index (χ3v) is 5.70. The van der Waals surface area contributed by atoms with E-state index in [2.05, 4.69) is 16.0 Å². The molecule has 154 valence electrons. The topological polar surface area (TPSA) is 87.3 Å². The molecule has 2 aromatic rings. The smallest absolute Gasteiger partial charge is 0.256 e. The largest absolute Gasteiger partial charge is 0.354 e. The number of rotatable bonds is 6. The monoisotopic (exact) mass is 413 g/mol. The number of hydrogen-bond donors (Lipinski definition) is 3. The molecule has 3 amide bonds. The molecule has 1 aromatic carbocycles. The summed E-state index contributed by atoms with van der Waals surface area (Å²) in [5.41, 5.74) is 1.47. The van der Waals surface area contributed by atoms with Crippen molar-refractivity contribution in [2.24, 2.45) is 5.92 Å². The minimum Gasteiger partial charge on any atom is -0.354 e. The van der Waals surface area contributed by atoms with Gasteiger partial charge in [-0.05, 0) is 56.7 Å². The van der Waals surface area contributed by atoms with Crippen LogP contribution in [-0.2, 0) is 4.79 Å². The third-order valence-electron chi connectivity index (χ3n) is 5.01. The van der Waals surface area contributed by atoms with Gasteiger partial charge in [-0.2, -0.15) is 11.3 Å². The summed E-state index contributed by atoms with van der Waals surface area (Å²) in [5.74, 6) is -0.497. The van der Waals surface area contributed by atoms with Gasteiger partial charge in [-0.3, -0.25) is 14.4 Å². The van der Waals surface area contributed by atoms with Crippen LogP contribution in [0.15, 0.2) is 41.1 Å². The Bertz CT molecular complexity index is 864. The molecule has 29 heavy (non-hydrogen) atoms. The Morgan fingerprint density at radius 3 is 2.59 bits per heavy atom. The van der Waals surface area contributed by atoms with Crippen LogP contribution in [0.2, 0.25) is 0 Å². The number of amides is 3. The van der Waals surface area contributed by atoms with E-state index in [1.165, 1.54) is 11.3 Å². The molecule has 0 aliphatic heterocycles. The van der Waals surface area contributed by atoms with Gasteiger partial charge in [0.2, 0.25) is 5.91 Å². The first-order valence-corrected chi connectivity index (χ1v) is 10.9. The Balaban J connectivity index is 1.65. The molecule has 0 saturated heterocycles. The van der Waals surface area contributed by atoms with Crippen LogP contribution < -0.4 is 16.0 Å². The maximum Gasteiger partial charge on any atom is 0.256 e. The van der Waals surface area contributed by atoms with Crippen molar-refractivity contribution in [3.63, 3.8) is 0 Å². The lowest BCUT2D eigenvalue weighted by molar-refractivity contribution is -0.126. The Morgan fingerprint density at radius 1 is 1.07 bits per heavy atom. The van der Waals surface area contributed by atoms with E-state index < -0.39 is 0 Å². The molecule has 3 N–H and O–H groups in total. The number of carbonyl (C=O) groups is 3. The fraction of sp³-hybridized carbons (Fsp3) is 0.409. The second kappa shape index (κ2) is 9.69. The first kappa shape index (κ1) is 21.0. The Kier molecular flexibility index (Phi) is 7.04. The summed E-state index contributed by atoms with van der Waals surface area (Å²) in [4.78, 5) is 37.6. The second-order valence-corrected chi connectivity index (χ2v) is 8.49. The molecule has 1 saturated carbocycles. The van der Waals surface area contributed by atoms with E-state index in [9.17, 15) is 14.4 Å². The summed E-state index contributed by atoms with van der Waals surface area (Å²) in [7, 11) is 0. The van der Waals surface area contributed by atoms with Crippen molar-refractivity contribution in [2.75, 3.05) is 5.32 Å². The minimum absolute atomic E-state index is 0.0557. The summed E-state index contributed by atoms with van der Waals surface area (Å²) in [6.07, 6.45) is 3.23. The van der Waals surface area contributed by atoms with E-state index in [4.69, 9.17) is 0 Å². The van der Waals surface area contributed by atoms with Crippen LogP contribution in [0.25, 0.3) is 0 Å². The molecule has 2 unspecified atom stereocenters. The van der Waals surface area contributed by atoms with Crippen molar-refractivity contribution in [1.29, 1.82) is 0 Å². The number of para-hydroxylation sites is 1. The van der Waals surface area contributed by atoms with Crippen LogP contribution in [0.3, 0.4) is 0 Å². The highest BCUT2D eigenvalue weighted by atomic mass is 32.1. The fourth-order valence-corrected chi connectivity index (χ4v) is 4.24. The Hall–Kier alpha value is -2.67. The zero-order valence-corrected chi connectivity index (χ0v) is 17.6. The van der Waals surface area contributed by atoms with E-state index in [-0.39, 0.29) is 35.7 Å². The molecule has 1 aromatic heterocycles. The predicted octanol–water partition coefficient (Wildman–Crippen LogP) is 3.81. The van der Waals surface area contributed by atoms with Crippen LogP contribution in [0.1, 0.15) is 60.2 Å². The van der Waals surface area contributed by atoms with Crippen molar-refractivity contribution >= 4 is 34.7 Å². The summed E-state index contributed by atoms with van der Waals surface area (Å²) in [5, 5.41) is 12.4. The number of anilines is 1. The fourth-order valence-electron chi connectivity index (χ4n) is 3.60. The first-order valence-electron chi connectivity index (χ1n) is 9.98. The molecule has 6 nitrogen and oxygen atoms in total. The number of hydrogen-bond acceptors (Lipinski definition) is 4. The first-order chi connectivity index (χ1) is 13.9. The molecule has 0 spiro atoms. The van der Waals surface area contributed by atoms with Gasteiger partial charge in [0.05, 0.1) is 16.8 Å². The molecule has 1 fully saturated rings. The highest BCUT2D eigenvalue weighted by Gasteiger charge is 2.29. The molecule has 0 bridgehead atoms. The van der Waals surface area contributed by atoms with Gasteiger partial charge in [0.1, 0.15) is 0 Å². The highest BCUT2D eigenvalue weighted by molar-refractivity contribution is 7.08. The Labute approximate surface area is 175 Å². The average molecular weight is 414 g/mol. The van der Waals surface area contributed by atoms with Crippen molar-refractivity contribution in [3.05, 3.63) is 52.2 Å². The van der Waals surface area contributed by atoms with Crippen LogP contribution in [0, 0.1) is 5.92 Å². The normalized spacial score (nSPS) is 18.9. The van der Waals surface area contributed by atoms with Gasteiger partial charge in [0.15, 0.2) is 0 Å². The maximum absolute atomic E-state index is 12.9. The van der Waals surface area contributed by atoms with Gasteiger partial charge in [0.25, 0.3) is 11.8 Å². The van der Waals surface area contributed by atoms with Crippen molar-refractivity contribution < 1.29 is 14.4 Å². The summed E-state index contributed by atoms with van der Waals surface area (Å²) >= 11 is 1.45. The number of benzene rings is 1. The summed E-state index contributed by atoms with van der Waals surface area (Å²) < 4.78 is 0. The summed E-state index contributed by atoms with van der Waals surface area (Å²) in [6.45, 7) is 3.89. The quantitative estimate of drug-likeness (QED) is 0.673. The average Bonchev–Trinajstić information content (AvgIpc) is 3.23. The van der Waals surface area contributed by atoms with Gasteiger partial charge in [0, 0.05) is 23.4 Å². The predicted molar refractivity (Wildman–Crippen MR) is 115 cm³/mol. The molecule has 3 rings (SSSR count). The molecule has 0 radical (unpaired) electrons. The zero-order valence-electron chi connectivity index (χ0n) is 16.7. The van der Waals surface area contributed by atoms with E-state index in [1.54, 1.807) is 35.7 Å². The number of nitrogens with one attached hydrogen (secondary N) is 3. The number of thiophene rings is 1. The lowest BCUT2D eigenvalue weighted by Gasteiger charge is -2.29. The van der Waals surface area contributed by atoms with Crippen molar-refractivity contribution in [2.45, 2.75) is 51.6 Å². The molecule has 1 heterocycles. The van der Waals surface area contributed by atoms with Gasteiger partial charge < -0.3 is 16.0 Å². The molecule has 2 atom stereocenters. The van der Waals surface area contributed by atoms with Crippen molar-refractivity contribution in [3.8, 4) is 0 Å². The maximum atomic E-state index is 12.9. The lowest BCUT2D eigenvalue weighted by atomic mass is 9.85. The van der Waals surface area contributed by atoms with E-state index in [1.807, 2.05) is 19.2 Å². The van der Waals surface area contributed by atoms with Crippen LogP contribution in [0.4, 0.5) is 5.69 Å². The van der Waals surface area contributed by atoms with Crippen molar-refractivity contribution in [1.82, 2.24) is 10.6 Å². The van der Waals surface area contributed by atoms with Gasteiger partial charge in [-0.25, -0.2) is 0 Å². The van der Waals surface area contributed by atoms with Gasteiger partial charge in [-0.1, -0.05) is 18.6 Å². The molecular formula is C22H27N3O3S. The molecule has 1 aliphatic carbocycles. The molecule has 1 aliphatic rings. The van der Waals surface area contributed by atoms with Crippen LogP contribution in [-0.4, -0.2) is 29.8 Å². The van der Waals surface area contributed by atoms with Crippen LogP contribution in [0.5, 0.6) is 0 Å². The van der Waals surface area contributed by atoms with Gasteiger partial charge >= 0.3 is 0 Å². The van der Waals surface area contributed by atoms with E-state index in [0.717, 1.165) is 19.3 Å². The minimum atomic E-state index is -0.241. The molecular weight excluding hydrogens is 386 g/mol. The zero-order chi connectivity index (χ0) is 20.8. The Morgan fingerprint density at radius 2 is 1.86 bits per heavy atom. The summed E-state index contributed by atoms with van der Waals surface area (Å²) in [6, 6.07) is 8.77. The number of carbonyl (C=O) groups excluding carboxylic acids is 3. The van der Waals surface area contributed by atoms with E-state index >= 15 is 0 Å². The standard InChI is InChI=1S/C22H27N3O3S/c1-14(2)23-20(26)15-6-5-7-17(12-15)24-22(28)18-8-3-4-9-19(18)25-21(27)16-10-11-29-13-16/h3-4,8-11,13-15,17H,5-7,12H2,1-2H3,(H,23,26)(H,24,28)(H,25,27). The highest BCUT2D eigenvalue weighted by Crippen LogP contribution is 2.25. The van der Waals surface area contributed by atoms with Crippen LogP contribution >= 0.6 is 11.3 Å².